The fraction of sp³-hybridized carbons (Fsp3) is 0.350. The van der Waals surface area contributed by atoms with Gasteiger partial charge in [-0.25, -0.2) is 4.39 Å². The summed E-state index contributed by atoms with van der Waals surface area (Å²) < 4.78 is 18.6. The van der Waals surface area contributed by atoms with Crippen molar-refractivity contribution in [3.8, 4) is 0 Å². The third-order valence-electron chi connectivity index (χ3n) is 5.24. The zero-order valence-corrected chi connectivity index (χ0v) is 15.9. The van der Waals surface area contributed by atoms with E-state index in [-0.39, 0.29) is 5.82 Å². The highest BCUT2D eigenvalue weighted by Crippen LogP contribution is 2.27. The minimum Gasteiger partial charge on any atom is -0.395 e. The monoisotopic (exact) mass is 396 g/mol. The topological polar surface area (TPSA) is 72.5 Å². The Morgan fingerprint density at radius 2 is 1.93 bits per heavy atom. The van der Waals surface area contributed by atoms with E-state index in [9.17, 15) is 4.39 Å². The van der Waals surface area contributed by atoms with Crippen LogP contribution >= 0.6 is 0 Å². The lowest BCUT2D eigenvalue weighted by Crippen LogP contribution is -2.47. The Morgan fingerprint density at radius 3 is 2.83 bits per heavy atom. The van der Waals surface area contributed by atoms with E-state index in [2.05, 4.69) is 25.3 Å². The van der Waals surface area contributed by atoms with Crippen LogP contribution in [0.5, 0.6) is 0 Å². The number of halogens is 1. The molecule has 8 nitrogen and oxygen atoms in total. The summed E-state index contributed by atoms with van der Waals surface area (Å²) in [5.41, 5.74) is 2.19. The molecule has 0 spiro atoms. The Labute approximate surface area is 166 Å². The van der Waals surface area contributed by atoms with Crippen LogP contribution in [0.25, 0.3) is 22.0 Å². The molecule has 1 aliphatic rings. The largest absolute Gasteiger partial charge is 0.395 e. The number of anilines is 1. The second kappa shape index (κ2) is 7.67. The van der Waals surface area contributed by atoms with Gasteiger partial charge in [0.15, 0.2) is 11.4 Å². The van der Waals surface area contributed by atoms with E-state index < -0.39 is 0 Å². The number of fused-ring (bicyclic) bond motifs is 2. The summed E-state index contributed by atoms with van der Waals surface area (Å²) in [5, 5.41) is 13.1. The lowest BCUT2D eigenvalue weighted by Gasteiger charge is -2.34. The molecule has 4 aromatic rings. The van der Waals surface area contributed by atoms with Crippen LogP contribution in [-0.2, 0) is 0 Å². The van der Waals surface area contributed by atoms with Crippen molar-refractivity contribution in [2.45, 2.75) is 6.42 Å². The van der Waals surface area contributed by atoms with Crippen LogP contribution in [0, 0.1) is 5.82 Å². The van der Waals surface area contributed by atoms with Crippen LogP contribution in [0.2, 0.25) is 0 Å². The van der Waals surface area contributed by atoms with Crippen LogP contribution in [0.3, 0.4) is 0 Å². The Balaban J connectivity index is 1.11. The van der Waals surface area contributed by atoms with E-state index in [4.69, 9.17) is 9.36 Å². The first-order valence-corrected chi connectivity index (χ1v) is 9.74. The maximum atomic E-state index is 13.3. The fourth-order valence-corrected chi connectivity index (χ4v) is 3.69. The third-order valence-corrected chi connectivity index (χ3v) is 5.24. The molecule has 0 N–H and O–H groups in total. The summed E-state index contributed by atoms with van der Waals surface area (Å²) in [6.45, 7) is 5.10. The molecule has 5 rings (SSSR count). The molecule has 1 fully saturated rings. The average Bonchev–Trinajstić information content (AvgIpc) is 3.35. The molecule has 0 amide bonds. The van der Waals surface area contributed by atoms with E-state index >= 15 is 0 Å². The Hall–Kier alpha value is -3.20. The van der Waals surface area contributed by atoms with Crippen LogP contribution in [0.15, 0.2) is 47.0 Å². The Kier molecular flexibility index (Phi) is 4.73. The molecular weight excluding hydrogens is 375 g/mol. The van der Waals surface area contributed by atoms with Gasteiger partial charge in [0, 0.05) is 38.8 Å². The first-order chi connectivity index (χ1) is 14.3. The number of hydrogen-bond acceptors (Lipinski definition) is 7. The normalized spacial score (nSPS) is 15.4. The lowest BCUT2D eigenvalue weighted by atomic mass is 10.2. The molecule has 0 radical (unpaired) electrons. The molecule has 0 bridgehead atoms. The molecule has 2 aromatic heterocycles. The van der Waals surface area contributed by atoms with Crippen molar-refractivity contribution in [3.05, 3.63) is 48.3 Å². The van der Waals surface area contributed by atoms with E-state index in [0.29, 0.717) is 12.2 Å². The van der Waals surface area contributed by atoms with Crippen molar-refractivity contribution >= 4 is 27.8 Å². The van der Waals surface area contributed by atoms with E-state index in [1.165, 1.54) is 17.0 Å². The quantitative estimate of drug-likeness (QED) is 0.463. The molecule has 0 unspecified atom stereocenters. The summed E-state index contributed by atoms with van der Waals surface area (Å²) in [5.74, 6) is 0.479. The molecule has 0 saturated carbocycles. The van der Waals surface area contributed by atoms with Gasteiger partial charge in [0.25, 0.3) is 0 Å². The minimum atomic E-state index is -0.314. The van der Waals surface area contributed by atoms with Gasteiger partial charge in [0.1, 0.15) is 23.5 Å². The number of rotatable bonds is 6. The number of hydrogen-bond donors (Lipinski definition) is 0. The van der Waals surface area contributed by atoms with Gasteiger partial charge in [0.2, 0.25) is 0 Å². The van der Waals surface area contributed by atoms with Crippen molar-refractivity contribution in [1.82, 2.24) is 25.2 Å². The van der Waals surface area contributed by atoms with Crippen molar-refractivity contribution in [2.75, 3.05) is 44.2 Å². The number of benzene rings is 2. The van der Waals surface area contributed by atoms with Crippen molar-refractivity contribution in [1.29, 1.82) is 0 Å². The first kappa shape index (κ1) is 17.9. The summed E-state index contributed by atoms with van der Waals surface area (Å²) in [6, 6.07) is 12.3. The average molecular weight is 396 g/mol. The molecule has 1 aliphatic heterocycles. The molecule has 1 saturated heterocycles. The van der Waals surface area contributed by atoms with Gasteiger partial charge in [-0.05, 0) is 35.9 Å². The predicted molar refractivity (Wildman–Crippen MR) is 106 cm³/mol. The molecule has 3 heterocycles. The maximum Gasteiger partial charge on any atom is 0.180 e. The molecule has 9 heteroatoms. The van der Waals surface area contributed by atoms with Gasteiger partial charge in [-0.2, -0.15) is 0 Å². The standard InChI is InChI=1S/C20H21FN6O2/c21-15-6-7-16-19(14-15)29-23-20(16)26-11-9-25(10-12-26)8-3-13-28-27-18-5-2-1-4-17(18)22-24-27/h1-2,4-7,14H,3,8-13H2. The lowest BCUT2D eigenvalue weighted by molar-refractivity contribution is 0.0785. The summed E-state index contributed by atoms with van der Waals surface area (Å²) in [7, 11) is 0. The van der Waals surface area contributed by atoms with E-state index in [1.807, 2.05) is 24.3 Å². The summed E-state index contributed by atoms with van der Waals surface area (Å²) >= 11 is 0. The SMILES string of the molecule is Fc1ccc2c(N3CCN(CCCOn4nnc5ccccc54)CC3)noc2c1. The molecule has 2 aromatic carbocycles. The van der Waals surface area contributed by atoms with Crippen molar-refractivity contribution in [2.24, 2.45) is 0 Å². The van der Waals surface area contributed by atoms with Crippen LogP contribution in [0.1, 0.15) is 6.42 Å². The van der Waals surface area contributed by atoms with E-state index in [1.54, 1.807) is 6.07 Å². The Morgan fingerprint density at radius 1 is 1.07 bits per heavy atom. The van der Waals surface area contributed by atoms with Gasteiger partial charge >= 0.3 is 0 Å². The summed E-state index contributed by atoms with van der Waals surface area (Å²) in [6.07, 6.45) is 0.903. The van der Waals surface area contributed by atoms with Crippen molar-refractivity contribution < 1.29 is 13.8 Å². The van der Waals surface area contributed by atoms with Crippen LogP contribution < -0.4 is 9.74 Å². The van der Waals surface area contributed by atoms with Gasteiger partial charge < -0.3 is 14.3 Å². The number of nitrogens with zero attached hydrogens (tertiary/aromatic N) is 6. The fourth-order valence-electron chi connectivity index (χ4n) is 3.69. The molecule has 0 atom stereocenters. The maximum absolute atomic E-state index is 13.3. The van der Waals surface area contributed by atoms with Gasteiger partial charge in [-0.3, -0.25) is 4.90 Å². The van der Waals surface area contributed by atoms with Gasteiger partial charge in [-0.1, -0.05) is 22.1 Å². The highest BCUT2D eigenvalue weighted by atomic mass is 19.1. The minimum absolute atomic E-state index is 0.314. The van der Waals surface area contributed by atoms with Gasteiger partial charge in [0.05, 0.1) is 5.39 Å². The van der Waals surface area contributed by atoms with E-state index in [0.717, 1.165) is 61.4 Å². The highest BCUT2D eigenvalue weighted by molar-refractivity contribution is 5.88. The second-order valence-electron chi connectivity index (χ2n) is 7.11. The van der Waals surface area contributed by atoms with Crippen LogP contribution in [0.4, 0.5) is 10.2 Å². The Bertz CT molecular complexity index is 1120. The number of para-hydroxylation sites is 1. The molecule has 0 aliphatic carbocycles. The highest BCUT2D eigenvalue weighted by Gasteiger charge is 2.21. The first-order valence-electron chi connectivity index (χ1n) is 9.74. The second-order valence-corrected chi connectivity index (χ2v) is 7.11. The van der Waals surface area contributed by atoms with Crippen molar-refractivity contribution in [3.63, 3.8) is 0 Å². The zero-order chi connectivity index (χ0) is 19.6. The number of piperazine rings is 1. The van der Waals surface area contributed by atoms with Gasteiger partial charge in [-0.15, -0.1) is 5.10 Å². The zero-order valence-electron chi connectivity index (χ0n) is 15.9. The molecule has 150 valence electrons. The molecule has 29 heavy (non-hydrogen) atoms. The molecular formula is C20H21FN6O2. The number of aromatic nitrogens is 4. The predicted octanol–water partition coefficient (Wildman–Crippen LogP) is 2.35. The van der Waals surface area contributed by atoms with Crippen LogP contribution in [-0.4, -0.2) is 64.5 Å². The smallest absolute Gasteiger partial charge is 0.180 e. The summed E-state index contributed by atoms with van der Waals surface area (Å²) in [4.78, 5) is 11.8. The third kappa shape index (κ3) is 3.61.